The second-order valence-electron chi connectivity index (χ2n) is 7.64. The van der Waals surface area contributed by atoms with Crippen molar-refractivity contribution in [3.63, 3.8) is 0 Å². The molecule has 0 saturated carbocycles. The van der Waals surface area contributed by atoms with Gasteiger partial charge in [-0.25, -0.2) is 4.79 Å². The quantitative estimate of drug-likeness (QED) is 0.520. The number of alkyl carbamates (subject to hydrolysis) is 1. The molecule has 1 atom stereocenters. The minimum atomic E-state index is -4.27. The maximum absolute atomic E-state index is 12.6. The molecule has 1 unspecified atom stereocenters. The van der Waals surface area contributed by atoms with Gasteiger partial charge >= 0.3 is 12.3 Å². The average molecular weight is 491 g/mol. The van der Waals surface area contributed by atoms with Gasteiger partial charge < -0.3 is 14.8 Å². The third-order valence-corrected chi connectivity index (χ3v) is 6.02. The first-order valence-electron chi connectivity index (χ1n) is 9.91. The SMILES string of the molecule is COc1c(C(C)NC(=O)OCc2ccccc2)cc(Cl)c(Cl)c1C1CN(CC(F)(F)F)C1. The van der Waals surface area contributed by atoms with Crippen molar-refractivity contribution in [3.8, 4) is 5.75 Å². The summed E-state index contributed by atoms with van der Waals surface area (Å²) in [4.78, 5) is 13.5. The molecule has 32 heavy (non-hydrogen) atoms. The van der Waals surface area contributed by atoms with Crippen LogP contribution in [0.2, 0.25) is 10.0 Å². The molecule has 1 N–H and O–H groups in total. The van der Waals surface area contributed by atoms with Gasteiger partial charge in [0.1, 0.15) is 12.4 Å². The molecule has 1 fully saturated rings. The zero-order valence-electron chi connectivity index (χ0n) is 17.5. The fraction of sp³-hybridized carbons (Fsp3) is 0.409. The highest BCUT2D eigenvalue weighted by Gasteiger charge is 2.40. The summed E-state index contributed by atoms with van der Waals surface area (Å²) in [5.41, 5.74) is 1.95. The summed E-state index contributed by atoms with van der Waals surface area (Å²) in [5.74, 6) is 0.126. The molecule has 3 rings (SSSR count). The lowest BCUT2D eigenvalue weighted by Crippen LogP contribution is -2.49. The second-order valence-corrected chi connectivity index (χ2v) is 8.43. The highest BCUT2D eigenvalue weighted by molar-refractivity contribution is 6.42. The van der Waals surface area contributed by atoms with E-state index >= 15 is 0 Å². The first-order valence-corrected chi connectivity index (χ1v) is 10.7. The van der Waals surface area contributed by atoms with Crippen LogP contribution < -0.4 is 10.1 Å². The van der Waals surface area contributed by atoms with Gasteiger partial charge in [0, 0.05) is 30.1 Å². The van der Waals surface area contributed by atoms with E-state index in [1.165, 1.54) is 12.0 Å². The molecular weight excluding hydrogens is 468 g/mol. The number of alkyl halides is 3. The number of rotatable bonds is 7. The Bertz CT molecular complexity index is 952. The maximum atomic E-state index is 12.6. The number of hydrogen-bond acceptors (Lipinski definition) is 4. The fourth-order valence-corrected chi connectivity index (χ4v) is 4.23. The standard InChI is InChI=1S/C22H23Cl2F3N2O3/c1-13(28-21(30)32-11-14-6-4-3-5-7-14)16-8-17(23)19(24)18(20(16)31-2)15-9-29(10-15)12-22(25,26)27/h3-8,13,15H,9-12H2,1-2H3,(H,28,30). The largest absolute Gasteiger partial charge is 0.496 e. The van der Waals surface area contributed by atoms with Gasteiger partial charge in [-0.05, 0) is 18.6 Å². The van der Waals surface area contributed by atoms with Crippen molar-refractivity contribution in [1.29, 1.82) is 0 Å². The molecule has 2 aromatic carbocycles. The fourth-order valence-electron chi connectivity index (χ4n) is 3.72. The van der Waals surface area contributed by atoms with Crippen molar-refractivity contribution in [3.05, 3.63) is 63.1 Å². The van der Waals surface area contributed by atoms with E-state index in [-0.39, 0.29) is 35.7 Å². The van der Waals surface area contributed by atoms with Crippen molar-refractivity contribution < 1.29 is 27.4 Å². The monoisotopic (exact) mass is 490 g/mol. The zero-order valence-corrected chi connectivity index (χ0v) is 19.0. The number of hydrogen-bond donors (Lipinski definition) is 1. The van der Waals surface area contributed by atoms with Gasteiger partial charge in [-0.2, -0.15) is 13.2 Å². The Morgan fingerprint density at radius 3 is 2.50 bits per heavy atom. The van der Waals surface area contributed by atoms with E-state index in [9.17, 15) is 18.0 Å². The summed E-state index contributed by atoms with van der Waals surface area (Å²) in [6.45, 7) is 1.21. The Labute approximate surface area is 194 Å². The Kier molecular flexibility index (Phi) is 7.79. The minimum Gasteiger partial charge on any atom is -0.496 e. The summed E-state index contributed by atoms with van der Waals surface area (Å²) in [5, 5.41) is 3.20. The van der Waals surface area contributed by atoms with Crippen LogP contribution in [0.1, 0.15) is 35.6 Å². The molecule has 174 valence electrons. The van der Waals surface area contributed by atoms with Gasteiger partial charge in [-0.1, -0.05) is 53.5 Å². The van der Waals surface area contributed by atoms with Crippen molar-refractivity contribution in [1.82, 2.24) is 10.2 Å². The Morgan fingerprint density at radius 1 is 1.25 bits per heavy atom. The van der Waals surface area contributed by atoms with E-state index in [0.717, 1.165) is 5.56 Å². The molecule has 0 bridgehead atoms. The van der Waals surface area contributed by atoms with Crippen LogP contribution >= 0.6 is 23.2 Å². The highest BCUT2D eigenvalue weighted by atomic mass is 35.5. The highest BCUT2D eigenvalue weighted by Crippen LogP contribution is 2.45. The van der Waals surface area contributed by atoms with Crippen molar-refractivity contribution in [2.45, 2.75) is 31.7 Å². The third-order valence-electron chi connectivity index (χ3n) is 5.22. The van der Waals surface area contributed by atoms with E-state index in [0.29, 0.717) is 16.9 Å². The second kappa shape index (κ2) is 10.2. The summed E-state index contributed by atoms with van der Waals surface area (Å²) in [7, 11) is 1.44. The first kappa shape index (κ1) is 24.5. The number of nitrogens with one attached hydrogen (secondary N) is 1. The summed E-state index contributed by atoms with van der Waals surface area (Å²) in [6, 6.07) is 10.3. The molecule has 1 amide bonds. The number of nitrogens with zero attached hydrogens (tertiary/aromatic N) is 1. The number of amides is 1. The molecule has 5 nitrogen and oxygen atoms in total. The molecule has 0 spiro atoms. The molecule has 1 heterocycles. The molecule has 0 aliphatic carbocycles. The number of carbonyl (C=O) groups is 1. The number of benzene rings is 2. The number of methoxy groups -OCH3 is 1. The molecular formula is C22H23Cl2F3N2O3. The maximum Gasteiger partial charge on any atom is 0.407 e. The van der Waals surface area contributed by atoms with Crippen LogP contribution in [0, 0.1) is 0 Å². The van der Waals surface area contributed by atoms with Crippen LogP contribution in [0.15, 0.2) is 36.4 Å². The predicted octanol–water partition coefficient (Wildman–Crippen LogP) is 5.95. The van der Waals surface area contributed by atoms with Crippen molar-refractivity contribution in [2.24, 2.45) is 0 Å². The molecule has 0 radical (unpaired) electrons. The van der Waals surface area contributed by atoms with E-state index in [4.69, 9.17) is 32.7 Å². The predicted molar refractivity (Wildman–Crippen MR) is 116 cm³/mol. The zero-order chi connectivity index (χ0) is 23.5. The number of carbonyl (C=O) groups excluding carboxylic acids is 1. The van der Waals surface area contributed by atoms with E-state index < -0.39 is 24.9 Å². The van der Waals surface area contributed by atoms with Crippen LogP contribution in [0.4, 0.5) is 18.0 Å². The molecule has 10 heteroatoms. The molecule has 1 aliphatic heterocycles. The number of halogens is 5. The van der Waals surface area contributed by atoms with Crippen LogP contribution in [0.5, 0.6) is 5.75 Å². The van der Waals surface area contributed by atoms with Crippen molar-refractivity contribution >= 4 is 29.3 Å². The summed E-state index contributed by atoms with van der Waals surface area (Å²) in [6.07, 6.45) is -4.90. The van der Waals surface area contributed by atoms with Gasteiger partial charge in [0.15, 0.2) is 0 Å². The van der Waals surface area contributed by atoms with Crippen LogP contribution in [-0.4, -0.2) is 43.9 Å². The third kappa shape index (κ3) is 5.99. The minimum absolute atomic E-state index is 0.111. The van der Waals surface area contributed by atoms with Crippen molar-refractivity contribution in [2.75, 3.05) is 26.7 Å². The lowest BCUT2D eigenvalue weighted by atomic mass is 9.88. The number of ether oxygens (including phenoxy) is 2. The van der Waals surface area contributed by atoms with Crippen LogP contribution in [0.3, 0.4) is 0 Å². The summed E-state index contributed by atoms with van der Waals surface area (Å²) >= 11 is 12.7. The van der Waals surface area contributed by atoms with Gasteiger partial charge in [0.2, 0.25) is 0 Å². The van der Waals surface area contributed by atoms with Gasteiger partial charge in [-0.3, -0.25) is 4.90 Å². The molecule has 1 saturated heterocycles. The lowest BCUT2D eigenvalue weighted by Gasteiger charge is -2.41. The van der Waals surface area contributed by atoms with E-state index in [1.807, 2.05) is 30.3 Å². The molecule has 2 aromatic rings. The van der Waals surface area contributed by atoms with Crippen LogP contribution in [0.25, 0.3) is 0 Å². The number of likely N-dealkylation sites (tertiary alicyclic amines) is 1. The first-order chi connectivity index (χ1) is 15.1. The summed E-state index contributed by atoms with van der Waals surface area (Å²) < 4.78 is 48.7. The topological polar surface area (TPSA) is 50.8 Å². The average Bonchev–Trinajstić information content (AvgIpc) is 2.71. The van der Waals surface area contributed by atoms with Crippen LogP contribution in [-0.2, 0) is 11.3 Å². The Balaban J connectivity index is 1.73. The normalized spacial score (nSPS) is 15.7. The molecule has 0 aromatic heterocycles. The van der Waals surface area contributed by atoms with E-state index in [1.54, 1.807) is 13.0 Å². The van der Waals surface area contributed by atoms with Gasteiger partial charge in [-0.15, -0.1) is 0 Å². The van der Waals surface area contributed by atoms with Gasteiger partial charge in [0.05, 0.1) is 29.7 Å². The Hall–Kier alpha value is -2.16. The molecule has 1 aliphatic rings. The smallest absolute Gasteiger partial charge is 0.407 e. The Morgan fingerprint density at radius 2 is 1.91 bits per heavy atom. The van der Waals surface area contributed by atoms with Gasteiger partial charge in [0.25, 0.3) is 0 Å². The van der Waals surface area contributed by atoms with E-state index in [2.05, 4.69) is 5.32 Å². The lowest BCUT2D eigenvalue weighted by molar-refractivity contribution is -0.154.